The fraction of sp³-hybridized carbons (Fsp3) is 0.435. The Morgan fingerprint density at radius 1 is 1.07 bits per heavy atom. The van der Waals surface area contributed by atoms with E-state index in [-0.39, 0.29) is 29.6 Å². The van der Waals surface area contributed by atoms with Crippen LogP contribution in [-0.2, 0) is 14.8 Å². The molecule has 0 saturated carbocycles. The number of pyridine rings is 1. The largest absolute Gasteiger partial charge is 0.511 e. The molecule has 0 spiro atoms. The van der Waals surface area contributed by atoms with Gasteiger partial charge in [0.1, 0.15) is 12.4 Å². The summed E-state index contributed by atoms with van der Waals surface area (Å²) >= 11 is 6.15. The first-order valence-corrected chi connectivity index (χ1v) is 13.5. The number of amides is 1. The van der Waals surface area contributed by atoms with Crippen LogP contribution in [0.4, 0.5) is 32.0 Å². The van der Waals surface area contributed by atoms with Crippen molar-refractivity contribution in [3.05, 3.63) is 53.3 Å². The average Bonchev–Trinajstić information content (AvgIpc) is 2.85. The van der Waals surface area contributed by atoms with E-state index in [2.05, 4.69) is 10.3 Å². The Morgan fingerprint density at radius 3 is 2.17 bits per heavy atom. The van der Waals surface area contributed by atoms with E-state index in [0.29, 0.717) is 18.9 Å². The number of anilines is 1. The Labute approximate surface area is 236 Å². The number of hydrogen-bond acceptors (Lipinski definition) is 7. The second kappa shape index (κ2) is 15.6. The molecular formula is C23H27ClF6N4O6S. The highest BCUT2D eigenvalue weighted by Crippen LogP contribution is 2.24. The molecule has 0 unspecified atom stereocenters. The summed E-state index contributed by atoms with van der Waals surface area (Å²) in [5.74, 6) is -2.78. The van der Waals surface area contributed by atoms with Gasteiger partial charge in [-0.2, -0.15) is 26.3 Å². The van der Waals surface area contributed by atoms with Gasteiger partial charge in [-0.15, -0.1) is 0 Å². The molecule has 0 saturated heterocycles. The molecule has 0 aliphatic carbocycles. The molecule has 0 aliphatic heterocycles. The Bertz CT molecular complexity index is 1250. The van der Waals surface area contributed by atoms with Crippen LogP contribution in [0.5, 0.6) is 5.75 Å². The maximum absolute atomic E-state index is 13.0. The highest BCUT2D eigenvalue weighted by Gasteiger charge is 2.45. The third-order valence-corrected chi connectivity index (χ3v) is 6.21. The monoisotopic (exact) mass is 636 g/mol. The van der Waals surface area contributed by atoms with E-state index in [0.717, 1.165) is 5.69 Å². The number of halogens is 7. The fourth-order valence-corrected chi connectivity index (χ4v) is 3.70. The molecule has 0 atom stereocenters. The summed E-state index contributed by atoms with van der Waals surface area (Å²) in [7, 11) is -5.42. The van der Waals surface area contributed by atoms with Crippen molar-refractivity contribution in [1.29, 1.82) is 0 Å². The van der Waals surface area contributed by atoms with Gasteiger partial charge in [-0.05, 0) is 50.6 Å². The van der Waals surface area contributed by atoms with Crippen LogP contribution in [0.2, 0.25) is 5.02 Å². The molecule has 0 fully saturated rings. The number of aromatic nitrogens is 1. The summed E-state index contributed by atoms with van der Waals surface area (Å²) in [6.07, 6.45) is -1.78. The third-order valence-electron chi connectivity index (χ3n) is 4.80. The number of nitrogens with zero attached hydrogens (tertiary/aromatic N) is 2. The summed E-state index contributed by atoms with van der Waals surface area (Å²) in [6, 6.07) is 7.89. The number of rotatable bonds is 12. The number of ether oxygens (including phenoxy) is 1. The lowest BCUT2D eigenvalue weighted by atomic mass is 10.1. The number of hydrogen-bond donors (Lipinski definition) is 3. The van der Waals surface area contributed by atoms with E-state index in [4.69, 9.17) is 26.2 Å². The number of aliphatic carboxylic acids is 1. The molecule has 0 radical (unpaired) electrons. The second-order valence-electron chi connectivity index (χ2n) is 8.28. The Kier molecular flexibility index (Phi) is 13.6. The standard InChI is InChI=1S/C21H26ClF3N4O4S.C2HF3O2/c1-15(2)29(10-3-6-28-34(31,32)21(23,24)25)20(30)16-12-17(22)14-19(13-16)33-11-9-27-18-4-7-26-8-5-18;3-2(4,5)1(6)7/h4-5,7-8,12-15,28H,3,6,9-11H2,1-2H3,(H,26,27);(H,6,7). The van der Waals surface area contributed by atoms with Crippen molar-refractivity contribution in [2.45, 2.75) is 38.0 Å². The van der Waals surface area contributed by atoms with Crippen LogP contribution in [0.3, 0.4) is 0 Å². The predicted molar refractivity (Wildman–Crippen MR) is 137 cm³/mol. The van der Waals surface area contributed by atoms with Gasteiger partial charge in [-0.25, -0.2) is 17.9 Å². The van der Waals surface area contributed by atoms with Crippen LogP contribution in [-0.4, -0.2) is 79.3 Å². The zero-order chi connectivity index (χ0) is 31.4. The molecule has 3 N–H and O–H groups in total. The lowest BCUT2D eigenvalue weighted by Crippen LogP contribution is -2.41. The van der Waals surface area contributed by atoms with Crippen molar-refractivity contribution >= 4 is 39.2 Å². The van der Waals surface area contributed by atoms with E-state index in [9.17, 15) is 39.6 Å². The molecule has 230 valence electrons. The maximum atomic E-state index is 13.0. The number of benzene rings is 1. The van der Waals surface area contributed by atoms with E-state index in [1.807, 2.05) is 12.1 Å². The van der Waals surface area contributed by atoms with Gasteiger partial charge in [-0.3, -0.25) is 9.78 Å². The molecule has 1 aromatic carbocycles. The molecule has 2 aromatic rings. The van der Waals surface area contributed by atoms with Crippen LogP contribution in [0.25, 0.3) is 0 Å². The van der Waals surface area contributed by atoms with Gasteiger partial charge >= 0.3 is 27.7 Å². The predicted octanol–water partition coefficient (Wildman–Crippen LogP) is 4.54. The normalized spacial score (nSPS) is 11.9. The number of nitrogens with one attached hydrogen (secondary N) is 2. The first-order valence-electron chi connectivity index (χ1n) is 11.6. The number of alkyl halides is 6. The van der Waals surface area contributed by atoms with Gasteiger partial charge in [0, 0.05) is 54.3 Å². The average molecular weight is 637 g/mol. The van der Waals surface area contributed by atoms with Gasteiger partial charge in [0.15, 0.2) is 0 Å². The van der Waals surface area contributed by atoms with E-state index >= 15 is 0 Å². The second-order valence-corrected chi connectivity index (χ2v) is 10.5. The smallest absolute Gasteiger partial charge is 0.492 e. The summed E-state index contributed by atoms with van der Waals surface area (Å²) < 4.78 is 98.4. The van der Waals surface area contributed by atoms with E-state index in [1.54, 1.807) is 32.3 Å². The highest BCUT2D eigenvalue weighted by atomic mass is 35.5. The highest BCUT2D eigenvalue weighted by molar-refractivity contribution is 7.90. The number of carbonyl (C=O) groups is 2. The molecule has 0 aliphatic rings. The number of carbonyl (C=O) groups excluding carboxylic acids is 1. The lowest BCUT2D eigenvalue weighted by molar-refractivity contribution is -0.192. The van der Waals surface area contributed by atoms with Crippen LogP contribution < -0.4 is 14.8 Å². The quantitative estimate of drug-likeness (QED) is 0.228. The molecule has 18 heteroatoms. The first kappa shape index (κ1) is 35.7. The molecule has 1 amide bonds. The van der Waals surface area contributed by atoms with E-state index in [1.165, 1.54) is 21.8 Å². The van der Waals surface area contributed by atoms with Crippen molar-refractivity contribution in [1.82, 2.24) is 14.6 Å². The van der Waals surface area contributed by atoms with Gasteiger partial charge in [-0.1, -0.05) is 11.6 Å². The minimum absolute atomic E-state index is 0.0101. The fourth-order valence-electron chi connectivity index (χ4n) is 2.90. The number of carboxylic acid groups (broad SMARTS) is 1. The van der Waals surface area contributed by atoms with E-state index < -0.39 is 40.1 Å². The number of sulfonamides is 1. The van der Waals surface area contributed by atoms with Crippen molar-refractivity contribution in [2.75, 3.05) is 31.6 Å². The topological polar surface area (TPSA) is 138 Å². The first-order chi connectivity index (χ1) is 18.8. The minimum atomic E-state index is -5.42. The maximum Gasteiger partial charge on any atom is 0.511 e. The summed E-state index contributed by atoms with van der Waals surface area (Å²) in [5.41, 5.74) is -4.26. The summed E-state index contributed by atoms with van der Waals surface area (Å²) in [4.78, 5) is 27.3. The van der Waals surface area contributed by atoms with Gasteiger partial charge in [0.25, 0.3) is 5.91 Å². The molecular weight excluding hydrogens is 610 g/mol. The zero-order valence-electron chi connectivity index (χ0n) is 21.6. The number of carboxylic acids is 1. The Balaban J connectivity index is 0.00000106. The molecule has 2 rings (SSSR count). The molecule has 10 nitrogen and oxygen atoms in total. The van der Waals surface area contributed by atoms with Gasteiger partial charge in [0.2, 0.25) is 0 Å². The zero-order valence-corrected chi connectivity index (χ0v) is 23.2. The Morgan fingerprint density at radius 2 is 1.66 bits per heavy atom. The molecule has 0 bridgehead atoms. The van der Waals surface area contributed by atoms with Crippen molar-refractivity contribution in [2.24, 2.45) is 0 Å². The van der Waals surface area contributed by atoms with Gasteiger partial charge in [0.05, 0.1) is 0 Å². The molecule has 1 heterocycles. The summed E-state index contributed by atoms with van der Waals surface area (Å²) in [6.45, 7) is 3.84. The van der Waals surface area contributed by atoms with Crippen molar-refractivity contribution in [3.8, 4) is 5.75 Å². The summed E-state index contributed by atoms with van der Waals surface area (Å²) in [5, 5.41) is 10.6. The Hall–Kier alpha value is -3.31. The van der Waals surface area contributed by atoms with Crippen LogP contribution in [0, 0.1) is 0 Å². The van der Waals surface area contributed by atoms with Crippen molar-refractivity contribution in [3.63, 3.8) is 0 Å². The van der Waals surface area contributed by atoms with Crippen LogP contribution in [0.1, 0.15) is 30.6 Å². The van der Waals surface area contributed by atoms with Crippen LogP contribution in [0.15, 0.2) is 42.7 Å². The SMILES string of the molecule is CC(C)N(CCCNS(=O)(=O)C(F)(F)F)C(=O)c1cc(Cl)cc(OCCNc2ccncc2)c1.O=C(O)C(F)(F)F. The molecule has 41 heavy (non-hydrogen) atoms. The van der Waals surface area contributed by atoms with Gasteiger partial charge < -0.3 is 20.1 Å². The van der Waals surface area contributed by atoms with Crippen molar-refractivity contribution < 1.29 is 54.2 Å². The van der Waals surface area contributed by atoms with Crippen LogP contribution >= 0.6 is 11.6 Å². The molecule has 1 aromatic heterocycles. The lowest BCUT2D eigenvalue weighted by Gasteiger charge is -2.27. The third kappa shape index (κ3) is 12.8. The minimum Gasteiger partial charge on any atom is -0.492 e.